The normalized spacial score (nSPS) is 15.2. The van der Waals surface area contributed by atoms with Gasteiger partial charge in [-0.1, -0.05) is 18.2 Å². The molecular formula is C22H21N2O4+. The Morgan fingerprint density at radius 1 is 1.07 bits per heavy atom. The summed E-state index contributed by atoms with van der Waals surface area (Å²) in [6, 6.07) is 12.0. The van der Waals surface area contributed by atoms with E-state index in [0.717, 1.165) is 22.5 Å². The van der Waals surface area contributed by atoms with E-state index in [1.165, 1.54) is 12.1 Å². The lowest BCUT2D eigenvalue weighted by Crippen LogP contribution is -2.26. The third kappa shape index (κ3) is 3.62. The van der Waals surface area contributed by atoms with E-state index in [-0.39, 0.29) is 11.1 Å². The smallest absolute Gasteiger partial charge is 0.298 e. The summed E-state index contributed by atoms with van der Waals surface area (Å²) < 4.78 is 7.11. The highest BCUT2D eigenvalue weighted by Crippen LogP contribution is 2.41. The number of carbonyl (C=O) groups is 1. The first-order chi connectivity index (χ1) is 13.3. The molecule has 6 heteroatoms. The Kier molecular flexibility index (Phi) is 5.22. The number of hydrogen-bond acceptors (Lipinski definition) is 4. The molecule has 28 heavy (non-hydrogen) atoms. The quantitative estimate of drug-likeness (QED) is 0.246. The van der Waals surface area contributed by atoms with Crippen molar-refractivity contribution in [3.05, 3.63) is 81.9 Å². The average Bonchev–Trinajstić information content (AvgIpc) is 2.85. The Labute approximate surface area is 163 Å². The van der Waals surface area contributed by atoms with Crippen LogP contribution in [0, 0.1) is 10.1 Å². The van der Waals surface area contributed by atoms with Crippen molar-refractivity contribution in [1.29, 1.82) is 0 Å². The first kappa shape index (κ1) is 19.2. The summed E-state index contributed by atoms with van der Waals surface area (Å²) in [5.74, 6) is 0.526. The van der Waals surface area contributed by atoms with E-state index in [1.807, 2.05) is 43.5 Å². The van der Waals surface area contributed by atoms with Crippen LogP contribution in [-0.4, -0.2) is 28.7 Å². The van der Waals surface area contributed by atoms with Crippen molar-refractivity contribution in [2.24, 2.45) is 0 Å². The Bertz CT molecular complexity index is 1020. The lowest BCUT2D eigenvalue weighted by atomic mass is 9.81. The Morgan fingerprint density at radius 2 is 1.75 bits per heavy atom. The number of allylic oxidation sites excluding steroid dienone is 3. The molecular weight excluding hydrogens is 356 g/mol. The van der Waals surface area contributed by atoms with Gasteiger partial charge in [-0.15, -0.1) is 0 Å². The number of nitro benzene ring substituents is 1. The topological polar surface area (TPSA) is 72.4 Å². The lowest BCUT2D eigenvalue weighted by Gasteiger charge is -2.15. The largest absolute Gasteiger partial charge is 0.429 e. The van der Waals surface area contributed by atoms with Crippen LogP contribution in [0.25, 0.3) is 6.08 Å². The summed E-state index contributed by atoms with van der Waals surface area (Å²) in [5, 5.41) is 10.7. The highest BCUT2D eigenvalue weighted by molar-refractivity contribution is 6.03. The monoisotopic (exact) mass is 377 g/mol. The van der Waals surface area contributed by atoms with Crippen LogP contribution < -0.4 is 4.74 Å². The molecule has 2 aromatic rings. The maximum atomic E-state index is 10.7. The summed E-state index contributed by atoms with van der Waals surface area (Å²) in [7, 11) is 2.01. The zero-order valence-corrected chi connectivity index (χ0v) is 16.0. The summed E-state index contributed by atoms with van der Waals surface area (Å²) in [6.45, 7) is 4.68. The Balaban J connectivity index is 1.80. The van der Waals surface area contributed by atoms with Crippen molar-refractivity contribution in [2.45, 2.75) is 19.3 Å². The fourth-order valence-corrected chi connectivity index (χ4v) is 3.46. The molecule has 1 heterocycles. The number of non-ortho nitro benzene ring substituents is 1. The number of rotatable bonds is 6. The van der Waals surface area contributed by atoms with Crippen molar-refractivity contribution in [1.82, 2.24) is 0 Å². The number of benzene rings is 2. The standard InChI is InChI=1S/C22H21N2O4/c1-22(2)19-14-18(28-15-25)12-13-20(19)23(3)21(22)7-5-4-6-16-8-10-17(11-9-16)24(26)27/h4-15H,1-3H3/q+1/b6-4+,7-5+. The van der Waals surface area contributed by atoms with Crippen LogP contribution in [0.2, 0.25) is 0 Å². The summed E-state index contributed by atoms with van der Waals surface area (Å²) >= 11 is 0. The molecule has 0 unspecified atom stereocenters. The molecule has 0 atom stereocenters. The van der Waals surface area contributed by atoms with E-state index in [9.17, 15) is 14.9 Å². The fourth-order valence-electron chi connectivity index (χ4n) is 3.46. The van der Waals surface area contributed by atoms with Gasteiger partial charge in [-0.3, -0.25) is 14.9 Å². The van der Waals surface area contributed by atoms with Crippen molar-refractivity contribution in [3.63, 3.8) is 0 Å². The zero-order valence-electron chi connectivity index (χ0n) is 16.0. The number of hydrogen-bond donors (Lipinski definition) is 0. The molecule has 1 aliphatic rings. The lowest BCUT2D eigenvalue weighted by molar-refractivity contribution is -0.401. The maximum absolute atomic E-state index is 10.7. The van der Waals surface area contributed by atoms with Gasteiger partial charge >= 0.3 is 0 Å². The van der Waals surface area contributed by atoms with Crippen LogP contribution in [0.15, 0.2) is 60.7 Å². The van der Waals surface area contributed by atoms with Gasteiger partial charge in [-0.2, -0.15) is 4.58 Å². The van der Waals surface area contributed by atoms with Gasteiger partial charge in [0.05, 0.1) is 10.3 Å². The molecule has 0 bridgehead atoms. The molecule has 0 saturated heterocycles. The van der Waals surface area contributed by atoms with Crippen molar-refractivity contribution in [3.8, 4) is 5.75 Å². The first-order valence-corrected chi connectivity index (χ1v) is 8.80. The van der Waals surface area contributed by atoms with Gasteiger partial charge in [0.2, 0.25) is 5.69 Å². The van der Waals surface area contributed by atoms with E-state index in [0.29, 0.717) is 12.2 Å². The van der Waals surface area contributed by atoms with Crippen LogP contribution in [0.3, 0.4) is 0 Å². The summed E-state index contributed by atoms with van der Waals surface area (Å²) in [5.41, 5.74) is 3.99. The molecule has 0 aliphatic carbocycles. The molecule has 0 N–H and O–H groups in total. The predicted molar refractivity (Wildman–Crippen MR) is 108 cm³/mol. The van der Waals surface area contributed by atoms with Crippen LogP contribution in [0.4, 0.5) is 11.4 Å². The molecule has 0 amide bonds. The maximum Gasteiger partial charge on any atom is 0.298 e. The average molecular weight is 377 g/mol. The van der Waals surface area contributed by atoms with Gasteiger partial charge < -0.3 is 4.74 Å². The number of carbonyl (C=O) groups excluding carboxylic acids is 1. The summed E-state index contributed by atoms with van der Waals surface area (Å²) in [4.78, 5) is 20.9. The Morgan fingerprint density at radius 3 is 2.39 bits per heavy atom. The van der Waals surface area contributed by atoms with Crippen molar-refractivity contribution in [2.75, 3.05) is 7.05 Å². The molecule has 0 saturated carbocycles. The second-order valence-corrected chi connectivity index (χ2v) is 7.03. The van der Waals surface area contributed by atoms with Crippen LogP contribution >= 0.6 is 0 Å². The van der Waals surface area contributed by atoms with Gasteiger partial charge in [0.25, 0.3) is 12.2 Å². The van der Waals surface area contributed by atoms with Gasteiger partial charge in [0.15, 0.2) is 5.71 Å². The van der Waals surface area contributed by atoms with Gasteiger partial charge in [0, 0.05) is 29.8 Å². The summed E-state index contributed by atoms with van der Waals surface area (Å²) in [6.07, 6.45) is 7.79. The first-order valence-electron chi connectivity index (χ1n) is 8.80. The minimum absolute atomic E-state index is 0.0771. The van der Waals surface area contributed by atoms with Crippen LogP contribution in [0.1, 0.15) is 25.0 Å². The fraction of sp³-hybridized carbons (Fsp3) is 0.182. The second kappa shape index (κ2) is 7.60. The SMILES string of the molecule is C[N+]1=C(/C=C/C=C/c2ccc([N+](=O)[O-])cc2)C(C)(C)c2cc(OC=O)ccc21. The van der Waals surface area contributed by atoms with E-state index in [1.54, 1.807) is 18.2 Å². The van der Waals surface area contributed by atoms with E-state index in [4.69, 9.17) is 4.74 Å². The second-order valence-electron chi connectivity index (χ2n) is 7.03. The van der Waals surface area contributed by atoms with Gasteiger partial charge in [0.1, 0.15) is 12.8 Å². The molecule has 0 fully saturated rings. The van der Waals surface area contributed by atoms with E-state index < -0.39 is 4.92 Å². The molecule has 1 aliphatic heterocycles. The molecule has 2 aromatic carbocycles. The number of fused-ring (bicyclic) bond motifs is 1. The minimum Gasteiger partial charge on any atom is -0.429 e. The Hall–Kier alpha value is -3.54. The zero-order chi connectivity index (χ0) is 20.3. The number of nitro groups is 1. The number of ether oxygens (including phenoxy) is 1. The highest BCUT2D eigenvalue weighted by atomic mass is 16.6. The van der Waals surface area contributed by atoms with E-state index in [2.05, 4.69) is 18.4 Å². The predicted octanol–water partition coefficient (Wildman–Crippen LogP) is 4.41. The van der Waals surface area contributed by atoms with Crippen LogP contribution in [0.5, 0.6) is 5.75 Å². The van der Waals surface area contributed by atoms with E-state index >= 15 is 0 Å². The van der Waals surface area contributed by atoms with Gasteiger partial charge in [-0.25, -0.2) is 0 Å². The van der Waals surface area contributed by atoms with Gasteiger partial charge in [-0.05, 0) is 43.7 Å². The molecule has 6 nitrogen and oxygen atoms in total. The van der Waals surface area contributed by atoms with Crippen LogP contribution in [-0.2, 0) is 10.2 Å². The molecule has 3 rings (SSSR count). The van der Waals surface area contributed by atoms with Crippen molar-refractivity contribution < 1.29 is 19.0 Å². The van der Waals surface area contributed by atoms with Crippen molar-refractivity contribution >= 4 is 29.6 Å². The molecule has 0 radical (unpaired) electrons. The molecule has 142 valence electrons. The number of nitrogens with zero attached hydrogens (tertiary/aromatic N) is 2. The molecule has 0 aromatic heterocycles. The highest BCUT2D eigenvalue weighted by Gasteiger charge is 2.43. The molecule has 0 spiro atoms. The minimum atomic E-state index is -0.411. The third-order valence-electron chi connectivity index (χ3n) is 4.95. The third-order valence-corrected chi connectivity index (χ3v) is 4.95.